The predicted octanol–water partition coefficient (Wildman–Crippen LogP) is 1.68. The van der Waals surface area contributed by atoms with E-state index in [-0.39, 0.29) is 5.88 Å². The molecule has 0 aliphatic rings. The summed E-state index contributed by atoms with van der Waals surface area (Å²) in [5.41, 5.74) is 0. The molecular formula is C2H4Cl4Si. The van der Waals surface area contributed by atoms with Gasteiger partial charge in [-0.15, -0.1) is 34.8 Å². The first kappa shape index (κ1) is 8.38. The second-order valence-corrected chi connectivity index (χ2v) is 6.20. The van der Waals surface area contributed by atoms with E-state index in [2.05, 4.69) is 0 Å². The molecule has 0 rings (SSSR count). The van der Waals surface area contributed by atoms with E-state index >= 15 is 0 Å². The van der Waals surface area contributed by atoms with Gasteiger partial charge in [0.1, 0.15) is 3.96 Å². The lowest BCUT2D eigenvalue weighted by Crippen LogP contribution is -2.19. The van der Waals surface area contributed by atoms with E-state index in [1.54, 1.807) is 0 Å². The summed E-state index contributed by atoms with van der Waals surface area (Å²) in [4.78, 5) is 0. The highest BCUT2D eigenvalue weighted by molar-refractivity contribution is 7.04. The number of rotatable bonds is 2. The molecule has 0 saturated heterocycles. The molecule has 5 heteroatoms. The van der Waals surface area contributed by atoms with E-state index in [0.29, 0.717) is 0 Å². The van der Waals surface area contributed by atoms with E-state index in [1.165, 1.54) is 0 Å². The standard InChI is InChI=1S/C2H4Cl4Si/c3-1-2(4,5)7-6/h1,7H2. The van der Waals surface area contributed by atoms with Crippen molar-refractivity contribution in [3.8, 4) is 0 Å². The number of hydrogen-bond donors (Lipinski definition) is 0. The highest BCUT2D eigenvalue weighted by Gasteiger charge is 2.20. The fourth-order valence-corrected chi connectivity index (χ4v) is 0.964. The van der Waals surface area contributed by atoms with Crippen LogP contribution in [-0.4, -0.2) is 18.7 Å². The van der Waals surface area contributed by atoms with Crippen molar-refractivity contribution in [3.05, 3.63) is 0 Å². The highest BCUT2D eigenvalue weighted by atomic mass is 35.6. The smallest absolute Gasteiger partial charge is 0.167 e. The summed E-state index contributed by atoms with van der Waals surface area (Å²) in [5, 5.41) is 0. The molecule has 7 heavy (non-hydrogen) atoms. The first-order valence-corrected chi connectivity index (χ1v) is 5.76. The Hall–Kier alpha value is 1.38. The van der Waals surface area contributed by atoms with Gasteiger partial charge in [0.15, 0.2) is 8.83 Å². The van der Waals surface area contributed by atoms with Crippen molar-refractivity contribution in [3.63, 3.8) is 0 Å². The van der Waals surface area contributed by atoms with Gasteiger partial charge in [0, 0.05) is 0 Å². The van der Waals surface area contributed by atoms with Crippen LogP contribution in [0.5, 0.6) is 0 Å². The lowest BCUT2D eigenvalue weighted by atomic mass is 10.9. The lowest BCUT2D eigenvalue weighted by Gasteiger charge is -2.08. The maximum absolute atomic E-state index is 5.47. The van der Waals surface area contributed by atoms with Gasteiger partial charge in [-0.3, -0.25) is 0 Å². The topological polar surface area (TPSA) is 0 Å². The fraction of sp³-hybridized carbons (Fsp3) is 1.00. The van der Waals surface area contributed by atoms with Crippen LogP contribution in [0.2, 0.25) is 0 Å². The second-order valence-electron chi connectivity index (χ2n) is 1.12. The maximum Gasteiger partial charge on any atom is 0.167 e. The SMILES string of the molecule is ClCC(Cl)(Cl)[SiH2]Cl. The summed E-state index contributed by atoms with van der Waals surface area (Å²) in [6, 6.07) is 0. The van der Waals surface area contributed by atoms with Gasteiger partial charge in [0.05, 0.1) is 5.88 Å². The highest BCUT2D eigenvalue weighted by Crippen LogP contribution is 2.21. The van der Waals surface area contributed by atoms with E-state index in [0.717, 1.165) is 0 Å². The van der Waals surface area contributed by atoms with Crippen LogP contribution < -0.4 is 0 Å². The van der Waals surface area contributed by atoms with Crippen molar-refractivity contribution in [2.75, 3.05) is 5.88 Å². The molecule has 0 heterocycles. The van der Waals surface area contributed by atoms with E-state index in [9.17, 15) is 0 Å². The van der Waals surface area contributed by atoms with Gasteiger partial charge in [0.2, 0.25) is 0 Å². The Kier molecular flexibility index (Phi) is 4.08. The molecule has 0 atom stereocenters. The van der Waals surface area contributed by atoms with Crippen LogP contribution in [-0.2, 0) is 0 Å². The van der Waals surface area contributed by atoms with Gasteiger partial charge in [-0.25, -0.2) is 0 Å². The molecule has 0 aromatic rings. The second kappa shape index (κ2) is 3.41. The van der Waals surface area contributed by atoms with Crippen molar-refractivity contribution >= 4 is 54.7 Å². The summed E-state index contributed by atoms with van der Waals surface area (Å²) in [6.07, 6.45) is 0. The van der Waals surface area contributed by atoms with Crippen LogP contribution in [0.25, 0.3) is 0 Å². The third-order valence-corrected chi connectivity index (χ3v) is 5.34. The monoisotopic (exact) mass is 196 g/mol. The van der Waals surface area contributed by atoms with Crippen LogP contribution in [0.3, 0.4) is 0 Å². The zero-order chi connectivity index (χ0) is 5.91. The Balaban J connectivity index is 3.36. The number of hydrogen-bond acceptors (Lipinski definition) is 0. The van der Waals surface area contributed by atoms with Crippen molar-refractivity contribution < 1.29 is 0 Å². The first-order valence-electron chi connectivity index (χ1n) is 1.62. The lowest BCUT2D eigenvalue weighted by molar-refractivity contribution is 1.27. The molecule has 0 aliphatic carbocycles. The van der Waals surface area contributed by atoms with Crippen molar-refractivity contribution in [1.29, 1.82) is 0 Å². The third kappa shape index (κ3) is 3.92. The Labute approximate surface area is 64.6 Å². The van der Waals surface area contributed by atoms with Gasteiger partial charge in [-0.1, -0.05) is 0 Å². The van der Waals surface area contributed by atoms with Crippen LogP contribution in [0.15, 0.2) is 0 Å². The Morgan fingerprint density at radius 3 is 1.86 bits per heavy atom. The fourth-order valence-electron chi connectivity index (χ4n) is 0.0357. The maximum atomic E-state index is 5.47. The van der Waals surface area contributed by atoms with Gasteiger partial charge in [-0.05, 0) is 0 Å². The quantitative estimate of drug-likeness (QED) is 0.359. The molecule has 44 valence electrons. The van der Waals surface area contributed by atoms with Crippen molar-refractivity contribution in [1.82, 2.24) is 0 Å². The zero-order valence-electron chi connectivity index (χ0n) is 3.43. The van der Waals surface area contributed by atoms with E-state index < -0.39 is 12.8 Å². The normalized spacial score (nSPS) is 13.7. The molecule has 0 saturated carbocycles. The molecule has 0 unspecified atom stereocenters. The van der Waals surface area contributed by atoms with Gasteiger partial charge < -0.3 is 0 Å². The largest absolute Gasteiger partial charge is 0.172 e. The molecule has 0 aromatic heterocycles. The van der Waals surface area contributed by atoms with Gasteiger partial charge in [-0.2, -0.15) is 11.1 Å². The molecule has 0 aliphatic heterocycles. The molecule has 0 amide bonds. The van der Waals surface area contributed by atoms with Crippen LogP contribution in [0.4, 0.5) is 0 Å². The number of alkyl halides is 3. The summed E-state index contributed by atoms with van der Waals surface area (Å²) in [7, 11) is -0.887. The molecule has 0 N–H and O–H groups in total. The van der Waals surface area contributed by atoms with Gasteiger partial charge >= 0.3 is 0 Å². The average molecular weight is 198 g/mol. The first-order chi connectivity index (χ1) is 3.12. The minimum atomic E-state index is -0.887. The molecule has 0 spiro atoms. The third-order valence-electron chi connectivity index (χ3n) is 0.391. The number of halogens is 4. The minimum Gasteiger partial charge on any atom is -0.172 e. The molecule has 0 aromatic carbocycles. The van der Waals surface area contributed by atoms with E-state index in [4.69, 9.17) is 45.9 Å². The Morgan fingerprint density at radius 2 is 1.86 bits per heavy atom. The predicted molar refractivity (Wildman–Crippen MR) is 39.6 cm³/mol. The Bertz CT molecular complexity index is 47.7. The van der Waals surface area contributed by atoms with Crippen LogP contribution >= 0.6 is 45.9 Å². The summed E-state index contributed by atoms with van der Waals surface area (Å²) in [6.45, 7) is 0. The Morgan fingerprint density at radius 1 is 1.43 bits per heavy atom. The van der Waals surface area contributed by atoms with Crippen molar-refractivity contribution in [2.45, 2.75) is 3.96 Å². The molecular weight excluding hydrogens is 194 g/mol. The van der Waals surface area contributed by atoms with Crippen LogP contribution in [0, 0.1) is 0 Å². The van der Waals surface area contributed by atoms with Crippen molar-refractivity contribution in [2.24, 2.45) is 0 Å². The molecule has 0 radical (unpaired) electrons. The molecule has 0 nitrogen and oxygen atoms in total. The van der Waals surface area contributed by atoms with E-state index in [1.807, 2.05) is 0 Å². The zero-order valence-corrected chi connectivity index (χ0v) is 7.86. The molecule has 0 fully saturated rings. The minimum absolute atomic E-state index is 0.228. The van der Waals surface area contributed by atoms with Gasteiger partial charge in [0.25, 0.3) is 0 Å². The summed E-state index contributed by atoms with van der Waals surface area (Å²) < 4.78 is -0.802. The van der Waals surface area contributed by atoms with Crippen LogP contribution in [0.1, 0.15) is 0 Å². The summed E-state index contributed by atoms with van der Waals surface area (Å²) in [5.74, 6) is 0.228. The molecule has 0 bridgehead atoms. The summed E-state index contributed by atoms with van der Waals surface area (Å²) >= 11 is 21.6. The average Bonchev–Trinajstić information content (AvgIpc) is 1.68.